The molecule has 0 fully saturated rings. The normalized spacial score (nSPS) is 12.9. The average Bonchev–Trinajstić information content (AvgIpc) is 3.00. The first kappa shape index (κ1) is 13.1. The van der Waals surface area contributed by atoms with E-state index in [1.54, 1.807) is 11.0 Å². The molecule has 0 N–H and O–H groups in total. The van der Waals surface area contributed by atoms with Gasteiger partial charge in [-0.1, -0.05) is 12.1 Å². The Hall–Kier alpha value is -1.88. The summed E-state index contributed by atoms with van der Waals surface area (Å²) in [7, 11) is 1.87. The fourth-order valence-electron chi connectivity index (χ4n) is 2.34. The number of imidazole rings is 1. The summed E-state index contributed by atoms with van der Waals surface area (Å²) >= 11 is 6.25. The van der Waals surface area contributed by atoms with Gasteiger partial charge in [0.05, 0.1) is 16.4 Å². The van der Waals surface area contributed by atoms with Gasteiger partial charge in [0.25, 0.3) is 0 Å². The molecule has 6 heteroatoms. The minimum absolute atomic E-state index is 0.126. The lowest BCUT2D eigenvalue weighted by Crippen LogP contribution is -2.08. The molecule has 0 spiro atoms. The van der Waals surface area contributed by atoms with Gasteiger partial charge in [-0.25, -0.2) is 9.97 Å². The molecule has 2 aromatic heterocycles. The van der Waals surface area contributed by atoms with E-state index < -0.39 is 0 Å². The minimum Gasteiger partial charge on any atom is -0.326 e. The van der Waals surface area contributed by atoms with Crippen LogP contribution in [-0.4, -0.2) is 24.3 Å². The SMILES string of the molecule is CC(Cl)c1nc2ccccc2n1CCc1ncn(C)n1. The Morgan fingerprint density at radius 1 is 1.30 bits per heavy atom. The lowest BCUT2D eigenvalue weighted by atomic mass is 10.3. The van der Waals surface area contributed by atoms with Crippen molar-refractivity contribution in [3.63, 3.8) is 0 Å². The molecule has 1 aromatic carbocycles. The van der Waals surface area contributed by atoms with Crippen molar-refractivity contribution in [1.82, 2.24) is 24.3 Å². The quantitative estimate of drug-likeness (QED) is 0.694. The van der Waals surface area contributed by atoms with Gasteiger partial charge in [0, 0.05) is 20.0 Å². The Kier molecular flexibility index (Phi) is 3.44. The number of nitrogens with zero attached hydrogens (tertiary/aromatic N) is 5. The van der Waals surface area contributed by atoms with Crippen molar-refractivity contribution in [2.45, 2.75) is 25.3 Å². The second-order valence-corrected chi connectivity index (χ2v) is 5.47. The van der Waals surface area contributed by atoms with Gasteiger partial charge >= 0.3 is 0 Å². The first-order valence-electron chi connectivity index (χ1n) is 6.59. The number of aryl methyl sites for hydroxylation is 3. The summed E-state index contributed by atoms with van der Waals surface area (Å²) in [5.41, 5.74) is 2.08. The smallest absolute Gasteiger partial charge is 0.152 e. The maximum Gasteiger partial charge on any atom is 0.152 e. The molecule has 0 aliphatic carbocycles. The Morgan fingerprint density at radius 3 is 2.80 bits per heavy atom. The summed E-state index contributed by atoms with van der Waals surface area (Å²) in [6.07, 6.45) is 2.48. The van der Waals surface area contributed by atoms with E-state index in [9.17, 15) is 0 Å². The number of hydrogen-bond acceptors (Lipinski definition) is 3. The lowest BCUT2D eigenvalue weighted by molar-refractivity contribution is 0.641. The highest BCUT2D eigenvalue weighted by atomic mass is 35.5. The molecule has 0 radical (unpaired) electrons. The molecule has 1 unspecified atom stereocenters. The van der Waals surface area contributed by atoms with Gasteiger partial charge in [-0.05, 0) is 19.1 Å². The zero-order valence-corrected chi connectivity index (χ0v) is 12.2. The van der Waals surface area contributed by atoms with Gasteiger partial charge in [-0.3, -0.25) is 4.68 Å². The highest BCUT2D eigenvalue weighted by Gasteiger charge is 2.14. The number of benzene rings is 1. The molecule has 0 bridgehead atoms. The number of para-hydroxylation sites is 2. The van der Waals surface area contributed by atoms with E-state index >= 15 is 0 Å². The van der Waals surface area contributed by atoms with Crippen molar-refractivity contribution in [1.29, 1.82) is 0 Å². The largest absolute Gasteiger partial charge is 0.326 e. The highest BCUT2D eigenvalue weighted by molar-refractivity contribution is 6.20. The van der Waals surface area contributed by atoms with Crippen molar-refractivity contribution in [3.05, 3.63) is 42.2 Å². The van der Waals surface area contributed by atoms with E-state index in [4.69, 9.17) is 11.6 Å². The maximum atomic E-state index is 6.25. The standard InChI is InChI=1S/C14H16ClN5/c1-10(15)14-17-11-5-3-4-6-12(11)20(14)8-7-13-16-9-19(2)18-13/h3-6,9-10H,7-8H2,1-2H3. The highest BCUT2D eigenvalue weighted by Crippen LogP contribution is 2.24. The molecule has 0 saturated carbocycles. The first-order chi connectivity index (χ1) is 9.65. The second kappa shape index (κ2) is 5.25. The summed E-state index contributed by atoms with van der Waals surface area (Å²) in [5, 5.41) is 4.18. The van der Waals surface area contributed by atoms with Gasteiger partial charge in [0.1, 0.15) is 12.2 Å². The zero-order valence-electron chi connectivity index (χ0n) is 11.5. The molecule has 3 aromatic rings. The third-order valence-corrected chi connectivity index (χ3v) is 3.44. The van der Waals surface area contributed by atoms with Crippen LogP contribution in [0.4, 0.5) is 0 Å². The monoisotopic (exact) mass is 289 g/mol. The number of aromatic nitrogens is 5. The van der Waals surface area contributed by atoms with E-state index in [1.165, 1.54) is 0 Å². The predicted octanol–water partition coefficient (Wildman–Crippen LogP) is 2.71. The number of fused-ring (bicyclic) bond motifs is 1. The van der Waals surface area contributed by atoms with Crippen molar-refractivity contribution in [2.24, 2.45) is 7.05 Å². The Balaban J connectivity index is 1.94. The molecule has 20 heavy (non-hydrogen) atoms. The molecule has 5 nitrogen and oxygen atoms in total. The number of alkyl halides is 1. The number of rotatable bonds is 4. The Morgan fingerprint density at radius 2 is 2.10 bits per heavy atom. The fraction of sp³-hybridized carbons (Fsp3) is 0.357. The fourth-order valence-corrected chi connectivity index (χ4v) is 2.51. The zero-order chi connectivity index (χ0) is 14.1. The summed E-state index contributed by atoms with van der Waals surface area (Å²) in [6.45, 7) is 2.72. The number of hydrogen-bond donors (Lipinski definition) is 0. The molecule has 0 amide bonds. The Labute approximate surface area is 122 Å². The molecule has 0 aliphatic heterocycles. The van der Waals surface area contributed by atoms with Crippen molar-refractivity contribution < 1.29 is 0 Å². The summed E-state index contributed by atoms with van der Waals surface area (Å²) in [4.78, 5) is 8.87. The molecule has 2 heterocycles. The van der Waals surface area contributed by atoms with Crippen LogP contribution in [0, 0.1) is 0 Å². The molecule has 0 saturated heterocycles. The van der Waals surface area contributed by atoms with Crippen LogP contribution in [0.3, 0.4) is 0 Å². The van der Waals surface area contributed by atoms with Gasteiger partial charge in [0.15, 0.2) is 5.82 Å². The molecule has 104 valence electrons. The molecule has 1 atom stereocenters. The summed E-state index contributed by atoms with van der Waals surface area (Å²) < 4.78 is 3.87. The molecular weight excluding hydrogens is 274 g/mol. The minimum atomic E-state index is -0.126. The van der Waals surface area contributed by atoms with Crippen LogP contribution >= 0.6 is 11.6 Å². The van der Waals surface area contributed by atoms with Crippen molar-refractivity contribution >= 4 is 22.6 Å². The van der Waals surface area contributed by atoms with Gasteiger partial charge in [-0.2, -0.15) is 5.10 Å². The predicted molar refractivity (Wildman–Crippen MR) is 78.7 cm³/mol. The Bertz CT molecular complexity index is 728. The van der Waals surface area contributed by atoms with Gasteiger partial charge < -0.3 is 4.57 Å². The van der Waals surface area contributed by atoms with Crippen molar-refractivity contribution in [3.8, 4) is 0 Å². The van der Waals surface area contributed by atoms with Gasteiger partial charge in [-0.15, -0.1) is 11.6 Å². The maximum absolute atomic E-state index is 6.25. The lowest BCUT2D eigenvalue weighted by Gasteiger charge is -2.09. The van der Waals surface area contributed by atoms with Crippen LogP contribution in [-0.2, 0) is 20.0 Å². The summed E-state index contributed by atoms with van der Waals surface area (Å²) in [5.74, 6) is 1.72. The summed E-state index contributed by atoms with van der Waals surface area (Å²) in [6, 6.07) is 8.08. The van der Waals surface area contributed by atoms with Crippen LogP contribution in [0.15, 0.2) is 30.6 Å². The molecular formula is C14H16ClN5. The first-order valence-corrected chi connectivity index (χ1v) is 7.02. The van der Waals surface area contributed by atoms with Crippen LogP contribution in [0.1, 0.15) is 23.9 Å². The topological polar surface area (TPSA) is 48.5 Å². The van der Waals surface area contributed by atoms with Gasteiger partial charge in [0.2, 0.25) is 0 Å². The number of halogens is 1. The van der Waals surface area contributed by atoms with E-state index in [-0.39, 0.29) is 5.38 Å². The third-order valence-electron chi connectivity index (χ3n) is 3.25. The second-order valence-electron chi connectivity index (χ2n) is 4.81. The van der Waals surface area contributed by atoms with E-state index in [0.717, 1.165) is 35.6 Å². The average molecular weight is 290 g/mol. The third kappa shape index (κ3) is 2.41. The van der Waals surface area contributed by atoms with E-state index in [2.05, 4.69) is 25.7 Å². The van der Waals surface area contributed by atoms with E-state index in [0.29, 0.717) is 0 Å². The van der Waals surface area contributed by atoms with Crippen LogP contribution in [0.5, 0.6) is 0 Å². The van der Waals surface area contributed by atoms with E-state index in [1.807, 2.05) is 32.2 Å². The van der Waals surface area contributed by atoms with Crippen LogP contribution in [0.2, 0.25) is 0 Å². The molecule has 0 aliphatic rings. The molecule has 3 rings (SSSR count). The van der Waals surface area contributed by atoms with Crippen molar-refractivity contribution in [2.75, 3.05) is 0 Å². The van der Waals surface area contributed by atoms with Crippen LogP contribution in [0.25, 0.3) is 11.0 Å². The van der Waals surface area contributed by atoms with Crippen LogP contribution < -0.4 is 0 Å².